The number of esters is 2. The summed E-state index contributed by atoms with van der Waals surface area (Å²) in [5.41, 5.74) is 7.06. The molecule has 1 aromatic heterocycles. The fraction of sp³-hybridized carbons (Fsp3) is 0.147. The SMILES string of the molecule is COC(=O)c1c(-c2cc(OC)c(OC)c(OC)c2)c2cc(OC)c(OC(=O)c3ccccc3)cc2c(=O)n1-c1ccc(N)cc1. The van der Waals surface area contributed by atoms with Gasteiger partial charge in [0.25, 0.3) is 5.56 Å². The molecule has 11 heteroatoms. The maximum Gasteiger partial charge on any atom is 0.355 e. The van der Waals surface area contributed by atoms with Crippen molar-refractivity contribution in [3.05, 3.63) is 100 Å². The highest BCUT2D eigenvalue weighted by molar-refractivity contribution is 6.08. The third-order valence-electron chi connectivity index (χ3n) is 7.16. The van der Waals surface area contributed by atoms with Crippen LogP contribution in [0.25, 0.3) is 27.6 Å². The van der Waals surface area contributed by atoms with E-state index in [0.29, 0.717) is 45.1 Å². The number of nitrogens with two attached hydrogens (primary N) is 1. The van der Waals surface area contributed by atoms with E-state index < -0.39 is 17.5 Å². The predicted molar refractivity (Wildman–Crippen MR) is 168 cm³/mol. The lowest BCUT2D eigenvalue weighted by Gasteiger charge is -2.21. The Labute approximate surface area is 258 Å². The maximum absolute atomic E-state index is 14.4. The van der Waals surface area contributed by atoms with E-state index in [2.05, 4.69) is 0 Å². The molecule has 45 heavy (non-hydrogen) atoms. The standard InChI is InChI=1S/C34H30N2O9/c1-40-25-17-23-24(18-26(25)45-33(38)19-9-7-6-8-10-19)32(37)36(22-13-11-21(35)12-14-22)30(34(39)44-5)29(23)20-15-27(41-2)31(43-4)28(16-20)42-3/h6-18H,35H2,1-5H3. The number of pyridine rings is 1. The number of carbonyl (C=O) groups is 2. The highest BCUT2D eigenvalue weighted by atomic mass is 16.6. The third kappa shape index (κ3) is 5.58. The summed E-state index contributed by atoms with van der Waals surface area (Å²) in [6.07, 6.45) is 0. The predicted octanol–water partition coefficient (Wildman–Crippen LogP) is 5.28. The smallest absolute Gasteiger partial charge is 0.355 e. The van der Waals surface area contributed by atoms with Gasteiger partial charge in [0, 0.05) is 22.3 Å². The second kappa shape index (κ2) is 12.7. The van der Waals surface area contributed by atoms with Crippen LogP contribution in [0.4, 0.5) is 5.69 Å². The minimum atomic E-state index is -0.798. The number of nitrogens with zero attached hydrogens (tertiary/aromatic N) is 1. The minimum Gasteiger partial charge on any atom is -0.493 e. The van der Waals surface area contributed by atoms with Gasteiger partial charge in [0.1, 0.15) is 5.69 Å². The van der Waals surface area contributed by atoms with E-state index in [-0.39, 0.29) is 28.1 Å². The molecule has 0 radical (unpaired) electrons. The lowest BCUT2D eigenvalue weighted by atomic mass is 9.95. The fourth-order valence-corrected chi connectivity index (χ4v) is 5.05. The minimum absolute atomic E-state index is 0.00136. The van der Waals surface area contributed by atoms with Crippen molar-refractivity contribution in [1.82, 2.24) is 4.57 Å². The van der Waals surface area contributed by atoms with Gasteiger partial charge >= 0.3 is 11.9 Å². The number of methoxy groups -OCH3 is 5. The van der Waals surface area contributed by atoms with Crippen LogP contribution in [0.1, 0.15) is 20.8 Å². The molecule has 0 amide bonds. The molecule has 0 spiro atoms. The van der Waals surface area contributed by atoms with Gasteiger partial charge in [-0.3, -0.25) is 9.36 Å². The summed E-state index contributed by atoms with van der Waals surface area (Å²) >= 11 is 0. The second-order valence-electron chi connectivity index (χ2n) is 9.67. The Hall–Kier alpha value is -5.97. The van der Waals surface area contributed by atoms with E-state index in [1.807, 2.05) is 0 Å². The first-order valence-corrected chi connectivity index (χ1v) is 13.6. The van der Waals surface area contributed by atoms with Crippen molar-refractivity contribution in [3.63, 3.8) is 0 Å². The van der Waals surface area contributed by atoms with Crippen LogP contribution in [0, 0.1) is 0 Å². The zero-order chi connectivity index (χ0) is 32.2. The molecule has 0 atom stereocenters. The first-order valence-electron chi connectivity index (χ1n) is 13.6. The monoisotopic (exact) mass is 610 g/mol. The number of hydrogen-bond acceptors (Lipinski definition) is 10. The molecule has 0 saturated heterocycles. The van der Waals surface area contributed by atoms with Crippen LogP contribution in [0.5, 0.6) is 28.7 Å². The van der Waals surface area contributed by atoms with Gasteiger partial charge in [0.2, 0.25) is 5.75 Å². The number of hydrogen-bond donors (Lipinski definition) is 1. The largest absolute Gasteiger partial charge is 0.493 e. The van der Waals surface area contributed by atoms with Crippen molar-refractivity contribution in [2.45, 2.75) is 0 Å². The van der Waals surface area contributed by atoms with E-state index in [4.69, 9.17) is 34.2 Å². The molecule has 0 aliphatic carbocycles. The van der Waals surface area contributed by atoms with Crippen LogP contribution < -0.4 is 35.0 Å². The van der Waals surface area contributed by atoms with Gasteiger partial charge < -0.3 is 34.2 Å². The zero-order valence-electron chi connectivity index (χ0n) is 25.2. The summed E-state index contributed by atoms with van der Waals surface area (Å²) in [6.45, 7) is 0. The van der Waals surface area contributed by atoms with Crippen molar-refractivity contribution in [2.24, 2.45) is 0 Å². The molecule has 11 nitrogen and oxygen atoms in total. The van der Waals surface area contributed by atoms with Gasteiger partial charge in [-0.15, -0.1) is 0 Å². The van der Waals surface area contributed by atoms with Crippen molar-refractivity contribution in [1.29, 1.82) is 0 Å². The quantitative estimate of drug-likeness (QED) is 0.133. The Morgan fingerprint density at radius 1 is 0.667 bits per heavy atom. The molecular formula is C34H30N2O9. The topological polar surface area (TPSA) is 138 Å². The lowest BCUT2D eigenvalue weighted by molar-refractivity contribution is 0.0591. The van der Waals surface area contributed by atoms with Crippen LogP contribution >= 0.6 is 0 Å². The van der Waals surface area contributed by atoms with Gasteiger partial charge in [-0.05, 0) is 66.2 Å². The van der Waals surface area contributed by atoms with Crippen molar-refractivity contribution >= 4 is 28.4 Å². The van der Waals surface area contributed by atoms with E-state index in [1.165, 1.54) is 52.2 Å². The van der Waals surface area contributed by atoms with Crippen molar-refractivity contribution in [3.8, 4) is 45.6 Å². The highest BCUT2D eigenvalue weighted by Crippen LogP contribution is 2.45. The molecular weight excluding hydrogens is 580 g/mol. The van der Waals surface area contributed by atoms with E-state index >= 15 is 0 Å². The van der Waals surface area contributed by atoms with Crippen LogP contribution in [0.2, 0.25) is 0 Å². The number of anilines is 1. The Balaban J connectivity index is 1.93. The third-order valence-corrected chi connectivity index (χ3v) is 7.16. The molecule has 4 aromatic carbocycles. The Bertz CT molecular complexity index is 1940. The molecule has 0 bridgehead atoms. The number of ether oxygens (including phenoxy) is 6. The molecule has 1 heterocycles. The van der Waals surface area contributed by atoms with Crippen LogP contribution in [0.3, 0.4) is 0 Å². The number of fused-ring (bicyclic) bond motifs is 1. The van der Waals surface area contributed by atoms with Crippen LogP contribution in [0.15, 0.2) is 83.7 Å². The van der Waals surface area contributed by atoms with E-state index in [1.54, 1.807) is 66.7 Å². The normalized spacial score (nSPS) is 10.7. The second-order valence-corrected chi connectivity index (χ2v) is 9.67. The van der Waals surface area contributed by atoms with Gasteiger partial charge in [-0.25, -0.2) is 9.59 Å². The molecule has 5 aromatic rings. The lowest BCUT2D eigenvalue weighted by Crippen LogP contribution is -2.27. The summed E-state index contributed by atoms with van der Waals surface area (Å²) in [6, 6.07) is 21.1. The summed E-state index contributed by atoms with van der Waals surface area (Å²) in [5, 5.41) is 0.414. The summed E-state index contributed by atoms with van der Waals surface area (Å²) < 4.78 is 34.5. The number of aromatic nitrogens is 1. The number of nitrogen functional groups attached to an aromatic ring is 1. The first-order chi connectivity index (χ1) is 21.8. The molecule has 230 valence electrons. The summed E-state index contributed by atoms with van der Waals surface area (Å²) in [5.74, 6) is -0.367. The van der Waals surface area contributed by atoms with Crippen LogP contribution in [-0.4, -0.2) is 52.1 Å². The zero-order valence-corrected chi connectivity index (χ0v) is 25.2. The van der Waals surface area contributed by atoms with Crippen molar-refractivity contribution < 1.29 is 38.0 Å². The average molecular weight is 611 g/mol. The Morgan fingerprint density at radius 3 is 1.82 bits per heavy atom. The van der Waals surface area contributed by atoms with E-state index in [0.717, 1.165) is 0 Å². The maximum atomic E-state index is 14.4. The van der Waals surface area contributed by atoms with Gasteiger partial charge in [-0.1, -0.05) is 18.2 Å². The van der Waals surface area contributed by atoms with E-state index in [9.17, 15) is 14.4 Å². The number of carbonyl (C=O) groups excluding carboxylic acids is 2. The van der Waals surface area contributed by atoms with Gasteiger partial charge in [0.15, 0.2) is 23.0 Å². The van der Waals surface area contributed by atoms with Gasteiger partial charge in [0.05, 0.1) is 46.5 Å². The Morgan fingerprint density at radius 2 is 1.27 bits per heavy atom. The number of rotatable bonds is 9. The molecule has 0 aliphatic heterocycles. The highest BCUT2D eigenvalue weighted by Gasteiger charge is 2.28. The summed E-state index contributed by atoms with van der Waals surface area (Å²) in [7, 11) is 7.02. The molecule has 2 N–H and O–H groups in total. The van der Waals surface area contributed by atoms with Crippen molar-refractivity contribution in [2.75, 3.05) is 41.3 Å². The molecule has 0 unspecified atom stereocenters. The summed E-state index contributed by atoms with van der Waals surface area (Å²) in [4.78, 5) is 41.0. The Kier molecular flexibility index (Phi) is 8.62. The first kappa shape index (κ1) is 30.5. The molecule has 5 rings (SSSR count). The molecule has 0 fully saturated rings. The molecule has 0 saturated carbocycles. The van der Waals surface area contributed by atoms with Gasteiger partial charge in [-0.2, -0.15) is 0 Å². The molecule has 0 aliphatic rings. The van der Waals surface area contributed by atoms with Crippen LogP contribution in [-0.2, 0) is 4.74 Å². The average Bonchev–Trinajstić information content (AvgIpc) is 3.07. The number of benzene rings is 4. The fourth-order valence-electron chi connectivity index (χ4n) is 5.05.